The number of hydrogen-bond donors (Lipinski definition) is 0. The van der Waals surface area contributed by atoms with Crippen molar-refractivity contribution in [2.75, 3.05) is 0 Å². The van der Waals surface area contributed by atoms with Crippen molar-refractivity contribution < 1.29 is 0 Å². The molecule has 15 heavy (non-hydrogen) atoms. The van der Waals surface area contributed by atoms with Crippen LogP contribution in [0.15, 0.2) is 25.3 Å². The van der Waals surface area contributed by atoms with Gasteiger partial charge >= 0.3 is 0 Å². The van der Waals surface area contributed by atoms with Crippen molar-refractivity contribution in [2.45, 2.75) is 33.1 Å². The summed E-state index contributed by atoms with van der Waals surface area (Å²) in [5.74, 6) is 0. The summed E-state index contributed by atoms with van der Waals surface area (Å²) in [5, 5.41) is 0. The molecule has 1 aromatic rings. The van der Waals surface area contributed by atoms with E-state index in [0.717, 1.165) is 6.42 Å². The minimum absolute atomic E-state index is 1.14. The predicted molar refractivity (Wildman–Crippen MR) is 70.0 cm³/mol. The van der Waals surface area contributed by atoms with Crippen LogP contribution in [0.25, 0.3) is 12.2 Å². The Hall–Kier alpha value is -1.30. The SMILES string of the molecule is C=Cc1c(C)ccc(CCCC)c1C=C. The Balaban J connectivity index is 3.16. The summed E-state index contributed by atoms with van der Waals surface area (Å²) in [6.07, 6.45) is 7.49. The third-order valence-corrected chi connectivity index (χ3v) is 2.80. The van der Waals surface area contributed by atoms with Crippen LogP contribution in [0.5, 0.6) is 0 Å². The van der Waals surface area contributed by atoms with E-state index in [1.54, 1.807) is 0 Å². The van der Waals surface area contributed by atoms with E-state index in [2.05, 4.69) is 39.1 Å². The fraction of sp³-hybridized carbons (Fsp3) is 0.333. The lowest BCUT2D eigenvalue weighted by atomic mass is 9.94. The van der Waals surface area contributed by atoms with Crippen LogP contribution >= 0.6 is 0 Å². The molecule has 0 aromatic heterocycles. The zero-order valence-corrected chi connectivity index (χ0v) is 9.84. The molecule has 0 bridgehead atoms. The summed E-state index contributed by atoms with van der Waals surface area (Å²) in [6, 6.07) is 4.39. The van der Waals surface area contributed by atoms with Crippen LogP contribution in [0.2, 0.25) is 0 Å². The predicted octanol–water partition coefficient (Wildman–Crippen LogP) is 4.62. The molecule has 0 aliphatic rings. The first-order valence-electron chi connectivity index (χ1n) is 5.62. The minimum atomic E-state index is 1.14. The van der Waals surface area contributed by atoms with Crippen LogP contribution < -0.4 is 0 Å². The van der Waals surface area contributed by atoms with Crippen LogP contribution in [-0.4, -0.2) is 0 Å². The smallest absolute Gasteiger partial charge is 0.0155 e. The largest absolute Gasteiger partial charge is 0.0984 e. The monoisotopic (exact) mass is 200 g/mol. The first-order valence-corrected chi connectivity index (χ1v) is 5.62. The Kier molecular flexibility index (Phi) is 4.36. The third kappa shape index (κ3) is 2.59. The van der Waals surface area contributed by atoms with Gasteiger partial charge in [0.25, 0.3) is 0 Å². The molecule has 0 saturated carbocycles. The highest BCUT2D eigenvalue weighted by atomic mass is 14.1. The van der Waals surface area contributed by atoms with Crippen LogP contribution in [0.3, 0.4) is 0 Å². The Morgan fingerprint density at radius 3 is 2.33 bits per heavy atom. The van der Waals surface area contributed by atoms with E-state index >= 15 is 0 Å². The molecular formula is C15H20. The van der Waals surface area contributed by atoms with Gasteiger partial charge in [-0.15, -0.1) is 0 Å². The molecule has 0 nitrogen and oxygen atoms in total. The molecule has 80 valence electrons. The van der Waals surface area contributed by atoms with Gasteiger partial charge in [-0.05, 0) is 42.0 Å². The van der Waals surface area contributed by atoms with E-state index in [0.29, 0.717) is 0 Å². The first kappa shape index (κ1) is 11.8. The standard InChI is InChI=1S/C15H20/c1-5-8-9-13-11-10-12(4)14(6-2)15(13)7-3/h6-7,10-11H,2-3,5,8-9H2,1,4H3. The molecule has 0 heteroatoms. The van der Waals surface area contributed by atoms with Crippen molar-refractivity contribution in [3.8, 4) is 0 Å². The van der Waals surface area contributed by atoms with Crippen molar-refractivity contribution in [3.63, 3.8) is 0 Å². The number of rotatable bonds is 5. The molecule has 1 rings (SSSR count). The molecule has 0 N–H and O–H groups in total. The Bertz CT molecular complexity index is 359. The molecule has 0 unspecified atom stereocenters. The van der Waals surface area contributed by atoms with E-state index < -0.39 is 0 Å². The van der Waals surface area contributed by atoms with Crippen LogP contribution in [0, 0.1) is 6.92 Å². The fourth-order valence-electron chi connectivity index (χ4n) is 1.89. The van der Waals surface area contributed by atoms with E-state index in [9.17, 15) is 0 Å². The Morgan fingerprint density at radius 2 is 1.80 bits per heavy atom. The van der Waals surface area contributed by atoms with Gasteiger partial charge in [-0.25, -0.2) is 0 Å². The highest BCUT2D eigenvalue weighted by Crippen LogP contribution is 2.22. The summed E-state index contributed by atoms with van der Waals surface area (Å²) < 4.78 is 0. The summed E-state index contributed by atoms with van der Waals surface area (Å²) >= 11 is 0. The minimum Gasteiger partial charge on any atom is -0.0984 e. The average molecular weight is 200 g/mol. The molecule has 0 fully saturated rings. The molecule has 0 aliphatic heterocycles. The second-order valence-corrected chi connectivity index (χ2v) is 3.88. The topological polar surface area (TPSA) is 0 Å². The molecule has 0 radical (unpaired) electrons. The molecule has 1 aromatic carbocycles. The highest BCUT2D eigenvalue weighted by Gasteiger charge is 2.05. The maximum absolute atomic E-state index is 3.90. The van der Waals surface area contributed by atoms with E-state index in [1.165, 1.54) is 35.1 Å². The zero-order valence-electron chi connectivity index (χ0n) is 9.84. The van der Waals surface area contributed by atoms with Crippen molar-refractivity contribution in [3.05, 3.63) is 47.5 Å². The number of unbranched alkanes of at least 4 members (excludes halogenated alkanes) is 1. The van der Waals surface area contributed by atoms with Gasteiger partial charge in [-0.2, -0.15) is 0 Å². The molecule has 0 heterocycles. The summed E-state index contributed by atoms with van der Waals surface area (Å²) in [4.78, 5) is 0. The molecule has 0 saturated heterocycles. The normalized spacial score (nSPS) is 10.0. The third-order valence-electron chi connectivity index (χ3n) is 2.80. The van der Waals surface area contributed by atoms with E-state index in [4.69, 9.17) is 0 Å². The fourth-order valence-corrected chi connectivity index (χ4v) is 1.89. The quantitative estimate of drug-likeness (QED) is 0.650. The van der Waals surface area contributed by atoms with Gasteiger partial charge in [0.2, 0.25) is 0 Å². The summed E-state index contributed by atoms with van der Waals surface area (Å²) in [6.45, 7) is 12.1. The summed E-state index contributed by atoms with van der Waals surface area (Å²) in [5.41, 5.74) is 5.17. The van der Waals surface area contributed by atoms with Gasteiger partial charge in [0.1, 0.15) is 0 Å². The van der Waals surface area contributed by atoms with Crippen molar-refractivity contribution in [1.29, 1.82) is 0 Å². The maximum Gasteiger partial charge on any atom is -0.0155 e. The van der Waals surface area contributed by atoms with Gasteiger partial charge in [0, 0.05) is 0 Å². The number of hydrogen-bond acceptors (Lipinski definition) is 0. The molecular weight excluding hydrogens is 180 g/mol. The summed E-state index contributed by atoms with van der Waals surface area (Å²) in [7, 11) is 0. The lowest BCUT2D eigenvalue weighted by Gasteiger charge is -2.11. The average Bonchev–Trinajstić information content (AvgIpc) is 2.26. The van der Waals surface area contributed by atoms with Crippen molar-refractivity contribution >= 4 is 12.2 Å². The maximum atomic E-state index is 3.90. The van der Waals surface area contributed by atoms with Gasteiger partial charge < -0.3 is 0 Å². The Morgan fingerprint density at radius 1 is 1.13 bits per heavy atom. The van der Waals surface area contributed by atoms with Crippen LogP contribution in [0.1, 0.15) is 42.0 Å². The van der Waals surface area contributed by atoms with Gasteiger partial charge in [-0.3, -0.25) is 0 Å². The second kappa shape index (κ2) is 5.55. The van der Waals surface area contributed by atoms with Crippen molar-refractivity contribution in [2.24, 2.45) is 0 Å². The van der Waals surface area contributed by atoms with E-state index in [1.807, 2.05) is 12.2 Å². The Labute approximate surface area is 93.3 Å². The molecule has 0 amide bonds. The molecule has 0 atom stereocenters. The number of benzene rings is 1. The molecule has 0 spiro atoms. The van der Waals surface area contributed by atoms with E-state index in [-0.39, 0.29) is 0 Å². The van der Waals surface area contributed by atoms with Crippen LogP contribution in [0.4, 0.5) is 0 Å². The second-order valence-electron chi connectivity index (χ2n) is 3.88. The zero-order chi connectivity index (χ0) is 11.3. The van der Waals surface area contributed by atoms with Gasteiger partial charge in [0.05, 0.1) is 0 Å². The van der Waals surface area contributed by atoms with Gasteiger partial charge in [-0.1, -0.05) is 50.8 Å². The van der Waals surface area contributed by atoms with Crippen LogP contribution in [-0.2, 0) is 6.42 Å². The highest BCUT2D eigenvalue weighted by molar-refractivity contribution is 5.68. The number of aryl methyl sites for hydroxylation is 2. The van der Waals surface area contributed by atoms with Crippen molar-refractivity contribution in [1.82, 2.24) is 0 Å². The first-order chi connectivity index (χ1) is 7.24. The molecule has 0 aliphatic carbocycles. The van der Waals surface area contributed by atoms with Gasteiger partial charge in [0.15, 0.2) is 0 Å². The lowest BCUT2D eigenvalue weighted by Crippen LogP contribution is -1.95. The lowest BCUT2D eigenvalue weighted by molar-refractivity contribution is 0.793.